The van der Waals surface area contributed by atoms with Crippen LogP contribution in [0.1, 0.15) is 29.6 Å². The number of carbonyl (C=O) groups excluding carboxylic acids is 1. The highest BCUT2D eigenvalue weighted by atomic mass is 16.1. The largest absolute Gasteiger partial charge is 0.349 e. The van der Waals surface area contributed by atoms with Gasteiger partial charge >= 0.3 is 0 Å². The summed E-state index contributed by atoms with van der Waals surface area (Å²) in [6, 6.07) is 0.466. The Morgan fingerprint density at radius 3 is 2.75 bits per heavy atom. The molecule has 4 nitrogen and oxygen atoms in total. The molecule has 3 fully saturated rings. The van der Waals surface area contributed by atoms with Gasteiger partial charge in [-0.15, -0.1) is 0 Å². The Kier molecular flexibility index (Phi) is 1.58. The van der Waals surface area contributed by atoms with Crippen molar-refractivity contribution in [3.63, 3.8) is 0 Å². The number of hydrogen-bond acceptors (Lipinski definition) is 2. The number of rotatable bonds is 2. The third-order valence-electron chi connectivity index (χ3n) is 4.79. The zero-order valence-electron chi connectivity index (χ0n) is 9.02. The van der Waals surface area contributed by atoms with Crippen LogP contribution in [-0.2, 0) is 0 Å². The highest BCUT2D eigenvalue weighted by Gasteiger charge is 2.65. The molecule has 84 valence electrons. The molecule has 16 heavy (non-hydrogen) atoms. The highest BCUT2D eigenvalue weighted by molar-refractivity contribution is 5.94. The Morgan fingerprint density at radius 2 is 2.12 bits per heavy atom. The molecule has 1 aromatic rings. The lowest BCUT2D eigenvalue weighted by Crippen LogP contribution is -2.29. The monoisotopic (exact) mass is 217 g/mol. The molecule has 2 N–H and O–H groups in total. The molecule has 1 heterocycles. The summed E-state index contributed by atoms with van der Waals surface area (Å²) >= 11 is 0. The van der Waals surface area contributed by atoms with E-state index in [1.807, 2.05) is 0 Å². The molecule has 4 atom stereocenters. The minimum Gasteiger partial charge on any atom is -0.349 e. The van der Waals surface area contributed by atoms with Gasteiger partial charge in [-0.3, -0.25) is 9.89 Å². The summed E-state index contributed by atoms with van der Waals surface area (Å²) in [7, 11) is 0. The first-order valence-corrected chi connectivity index (χ1v) is 6.14. The van der Waals surface area contributed by atoms with Gasteiger partial charge in [-0.2, -0.15) is 5.10 Å². The van der Waals surface area contributed by atoms with E-state index in [2.05, 4.69) is 15.5 Å². The first-order valence-electron chi connectivity index (χ1n) is 6.14. The topological polar surface area (TPSA) is 57.8 Å². The van der Waals surface area contributed by atoms with Crippen molar-refractivity contribution >= 4 is 5.91 Å². The van der Waals surface area contributed by atoms with Crippen molar-refractivity contribution in [3.8, 4) is 0 Å². The molecule has 4 rings (SSSR count). The summed E-state index contributed by atoms with van der Waals surface area (Å²) in [5.41, 5.74) is 0.650. The summed E-state index contributed by atoms with van der Waals surface area (Å²) in [4.78, 5) is 11.8. The molecule has 4 unspecified atom stereocenters. The van der Waals surface area contributed by atoms with Gasteiger partial charge in [-0.05, 0) is 42.9 Å². The van der Waals surface area contributed by atoms with Crippen molar-refractivity contribution in [3.05, 3.63) is 18.0 Å². The third-order valence-corrected chi connectivity index (χ3v) is 4.79. The van der Waals surface area contributed by atoms with Crippen LogP contribution in [0.15, 0.2) is 12.4 Å². The lowest BCUT2D eigenvalue weighted by molar-refractivity contribution is 0.0944. The maximum atomic E-state index is 11.8. The summed E-state index contributed by atoms with van der Waals surface area (Å²) in [5, 5.41) is 9.63. The van der Waals surface area contributed by atoms with Crippen molar-refractivity contribution in [2.75, 3.05) is 0 Å². The van der Waals surface area contributed by atoms with E-state index in [-0.39, 0.29) is 5.91 Å². The number of aromatic nitrogens is 2. The molecule has 1 amide bonds. The Labute approximate surface area is 93.8 Å². The number of nitrogens with zero attached hydrogens (tertiary/aromatic N) is 1. The molecule has 4 heteroatoms. The van der Waals surface area contributed by atoms with Gasteiger partial charge < -0.3 is 5.32 Å². The Hall–Kier alpha value is -1.32. The average molecular weight is 217 g/mol. The van der Waals surface area contributed by atoms with Crippen molar-refractivity contribution in [1.29, 1.82) is 0 Å². The van der Waals surface area contributed by atoms with Crippen LogP contribution in [-0.4, -0.2) is 22.1 Å². The van der Waals surface area contributed by atoms with E-state index in [4.69, 9.17) is 0 Å². The molecule has 0 aromatic carbocycles. The first kappa shape index (κ1) is 8.79. The Morgan fingerprint density at radius 1 is 1.38 bits per heavy atom. The predicted octanol–water partition coefficient (Wildman–Crippen LogP) is 1.18. The van der Waals surface area contributed by atoms with Crippen LogP contribution in [0.4, 0.5) is 0 Å². The smallest absolute Gasteiger partial charge is 0.254 e. The van der Waals surface area contributed by atoms with E-state index in [1.165, 1.54) is 19.3 Å². The van der Waals surface area contributed by atoms with E-state index in [9.17, 15) is 4.79 Å². The second-order valence-corrected chi connectivity index (χ2v) is 5.47. The van der Waals surface area contributed by atoms with Gasteiger partial charge in [0.25, 0.3) is 5.91 Å². The normalized spacial score (nSPS) is 43.1. The SMILES string of the molecule is O=C(NC1C2C3CCC(C3)C12)c1cn[nH]c1. The van der Waals surface area contributed by atoms with Crippen LogP contribution < -0.4 is 5.32 Å². The maximum absolute atomic E-state index is 11.8. The van der Waals surface area contributed by atoms with Gasteiger partial charge in [0.2, 0.25) is 0 Å². The van der Waals surface area contributed by atoms with E-state index in [0.717, 1.165) is 23.7 Å². The number of nitrogens with one attached hydrogen (secondary N) is 2. The number of hydrogen-bond donors (Lipinski definition) is 2. The lowest BCUT2D eigenvalue weighted by Gasteiger charge is -2.09. The Bertz CT molecular complexity index is 411. The van der Waals surface area contributed by atoms with Gasteiger partial charge in [0.15, 0.2) is 0 Å². The zero-order chi connectivity index (χ0) is 10.7. The fraction of sp³-hybridized carbons (Fsp3) is 0.667. The van der Waals surface area contributed by atoms with Crippen molar-refractivity contribution in [2.24, 2.45) is 23.7 Å². The molecule has 3 aliphatic carbocycles. The third kappa shape index (κ3) is 1.05. The van der Waals surface area contributed by atoms with Crippen LogP contribution >= 0.6 is 0 Å². The van der Waals surface area contributed by atoms with Crippen molar-refractivity contribution in [1.82, 2.24) is 15.5 Å². The van der Waals surface area contributed by atoms with Gasteiger partial charge in [0.1, 0.15) is 0 Å². The lowest BCUT2D eigenvalue weighted by atomic mass is 10.0. The number of fused-ring (bicyclic) bond motifs is 5. The van der Waals surface area contributed by atoms with E-state index >= 15 is 0 Å². The fourth-order valence-corrected chi connectivity index (χ4v) is 4.13. The van der Waals surface area contributed by atoms with Crippen LogP contribution in [0.2, 0.25) is 0 Å². The van der Waals surface area contributed by atoms with E-state index < -0.39 is 0 Å². The van der Waals surface area contributed by atoms with Crippen LogP contribution in [0.25, 0.3) is 0 Å². The van der Waals surface area contributed by atoms with Gasteiger partial charge in [0.05, 0.1) is 11.8 Å². The fourth-order valence-electron chi connectivity index (χ4n) is 4.13. The summed E-state index contributed by atoms with van der Waals surface area (Å²) in [6.07, 6.45) is 7.45. The highest BCUT2D eigenvalue weighted by Crippen LogP contribution is 2.65. The molecule has 0 spiro atoms. The molecule has 2 bridgehead atoms. The predicted molar refractivity (Wildman–Crippen MR) is 57.7 cm³/mol. The van der Waals surface area contributed by atoms with Crippen LogP contribution in [0.5, 0.6) is 0 Å². The van der Waals surface area contributed by atoms with Crippen molar-refractivity contribution < 1.29 is 4.79 Å². The summed E-state index contributed by atoms with van der Waals surface area (Å²) in [5.74, 6) is 3.45. The standard InChI is InChI=1S/C12H15N3O/c16-12(8-4-13-14-5-8)15-11-9-6-1-2-7(3-6)10(9)11/h4-7,9-11H,1-3H2,(H,13,14)(H,15,16). The molecule has 1 aromatic heterocycles. The molecule has 0 radical (unpaired) electrons. The molecule has 0 aliphatic heterocycles. The first-order chi connectivity index (χ1) is 7.84. The minimum absolute atomic E-state index is 0.0348. The van der Waals surface area contributed by atoms with Gasteiger partial charge in [-0.25, -0.2) is 0 Å². The average Bonchev–Trinajstić information content (AvgIpc) is 2.81. The summed E-state index contributed by atoms with van der Waals surface area (Å²) < 4.78 is 0. The van der Waals surface area contributed by atoms with Crippen LogP contribution in [0.3, 0.4) is 0 Å². The molecular formula is C12H15N3O. The van der Waals surface area contributed by atoms with Gasteiger partial charge in [0, 0.05) is 12.2 Å². The number of carbonyl (C=O) groups is 1. The zero-order valence-corrected chi connectivity index (χ0v) is 9.02. The second kappa shape index (κ2) is 2.87. The van der Waals surface area contributed by atoms with E-state index in [0.29, 0.717) is 11.6 Å². The number of aromatic amines is 1. The second-order valence-electron chi connectivity index (χ2n) is 5.47. The Balaban J connectivity index is 1.46. The molecule has 3 aliphatic rings. The quantitative estimate of drug-likeness (QED) is 0.781. The van der Waals surface area contributed by atoms with Crippen LogP contribution in [0, 0.1) is 23.7 Å². The van der Waals surface area contributed by atoms with Gasteiger partial charge in [-0.1, -0.05) is 0 Å². The van der Waals surface area contributed by atoms with Crippen molar-refractivity contribution in [2.45, 2.75) is 25.3 Å². The minimum atomic E-state index is 0.0348. The molecular weight excluding hydrogens is 202 g/mol. The maximum Gasteiger partial charge on any atom is 0.254 e. The molecule has 0 saturated heterocycles. The summed E-state index contributed by atoms with van der Waals surface area (Å²) in [6.45, 7) is 0. The number of amides is 1. The van der Waals surface area contributed by atoms with E-state index in [1.54, 1.807) is 12.4 Å². The molecule has 3 saturated carbocycles. The number of H-pyrrole nitrogens is 1.